The molecule has 1 fully saturated rings. The largest absolute Gasteiger partial charge is 0.477 e. The molecule has 1 heterocycles. The van der Waals surface area contributed by atoms with Crippen LogP contribution in [0.4, 0.5) is 10.5 Å². The number of aromatic amines is 1. The molecule has 0 saturated heterocycles. The average molecular weight is 223 g/mol. The average Bonchev–Trinajstić information content (AvgIpc) is 2.89. The number of amides is 2. The Bertz CT molecular complexity index is 435. The summed E-state index contributed by atoms with van der Waals surface area (Å²) in [6.45, 7) is 1.73. The number of carboxylic acid groups (broad SMARTS) is 1. The minimum atomic E-state index is -1.09. The van der Waals surface area contributed by atoms with Crippen LogP contribution in [0, 0.1) is 6.92 Å². The number of rotatable bonds is 3. The zero-order valence-electron chi connectivity index (χ0n) is 8.83. The van der Waals surface area contributed by atoms with Gasteiger partial charge in [0.25, 0.3) is 0 Å². The van der Waals surface area contributed by atoms with Crippen LogP contribution in [0.2, 0.25) is 0 Å². The second kappa shape index (κ2) is 3.88. The molecule has 16 heavy (non-hydrogen) atoms. The molecule has 0 spiro atoms. The van der Waals surface area contributed by atoms with Crippen molar-refractivity contribution in [2.45, 2.75) is 25.8 Å². The fourth-order valence-corrected chi connectivity index (χ4v) is 1.43. The first-order valence-electron chi connectivity index (χ1n) is 5.06. The van der Waals surface area contributed by atoms with E-state index >= 15 is 0 Å². The second-order valence-electron chi connectivity index (χ2n) is 3.92. The molecule has 6 nitrogen and oxygen atoms in total. The third kappa shape index (κ3) is 2.33. The summed E-state index contributed by atoms with van der Waals surface area (Å²) in [4.78, 5) is 24.9. The van der Waals surface area contributed by atoms with Crippen LogP contribution in [0.15, 0.2) is 6.07 Å². The summed E-state index contributed by atoms with van der Waals surface area (Å²) in [5.41, 5.74) is 0.991. The van der Waals surface area contributed by atoms with E-state index in [1.807, 2.05) is 0 Å². The van der Waals surface area contributed by atoms with Crippen molar-refractivity contribution in [2.75, 3.05) is 5.32 Å². The van der Waals surface area contributed by atoms with Crippen LogP contribution in [-0.2, 0) is 0 Å². The lowest BCUT2D eigenvalue weighted by molar-refractivity contribution is 0.0692. The molecular formula is C10H13N3O3. The van der Waals surface area contributed by atoms with Crippen LogP contribution in [0.5, 0.6) is 0 Å². The maximum absolute atomic E-state index is 11.4. The van der Waals surface area contributed by atoms with Crippen molar-refractivity contribution in [3.8, 4) is 0 Å². The van der Waals surface area contributed by atoms with Crippen molar-refractivity contribution in [1.82, 2.24) is 10.3 Å². The molecule has 4 N–H and O–H groups in total. The Morgan fingerprint density at radius 2 is 2.19 bits per heavy atom. The number of hydrogen-bond acceptors (Lipinski definition) is 2. The fourth-order valence-electron chi connectivity index (χ4n) is 1.43. The third-order valence-corrected chi connectivity index (χ3v) is 2.33. The van der Waals surface area contributed by atoms with Crippen LogP contribution in [0.25, 0.3) is 0 Å². The molecule has 1 saturated carbocycles. The quantitative estimate of drug-likeness (QED) is 0.622. The molecule has 1 aromatic heterocycles. The van der Waals surface area contributed by atoms with Gasteiger partial charge in [0.15, 0.2) is 0 Å². The predicted molar refractivity (Wildman–Crippen MR) is 57.7 cm³/mol. The Balaban J connectivity index is 2.06. The molecule has 1 aliphatic rings. The van der Waals surface area contributed by atoms with Crippen LogP contribution >= 0.6 is 0 Å². The number of carboxylic acids is 1. The van der Waals surface area contributed by atoms with E-state index < -0.39 is 5.97 Å². The van der Waals surface area contributed by atoms with Crippen LogP contribution in [0.3, 0.4) is 0 Å². The van der Waals surface area contributed by atoms with E-state index in [9.17, 15) is 9.59 Å². The van der Waals surface area contributed by atoms with E-state index in [1.54, 1.807) is 13.0 Å². The van der Waals surface area contributed by atoms with Gasteiger partial charge in [-0.05, 0) is 25.8 Å². The molecule has 0 atom stereocenters. The van der Waals surface area contributed by atoms with Crippen LogP contribution in [0.1, 0.15) is 29.0 Å². The minimum absolute atomic E-state index is 0.00319. The minimum Gasteiger partial charge on any atom is -0.477 e. The lowest BCUT2D eigenvalue weighted by Gasteiger charge is -2.05. The highest BCUT2D eigenvalue weighted by Crippen LogP contribution is 2.20. The van der Waals surface area contributed by atoms with E-state index in [4.69, 9.17) is 5.11 Å². The number of anilines is 1. The van der Waals surface area contributed by atoms with Gasteiger partial charge in [-0.1, -0.05) is 0 Å². The standard InChI is InChI=1S/C10H13N3O3/c1-5-4-7(8(11-5)9(14)15)13-10(16)12-6-2-3-6/h4,6,11H,2-3H2,1H3,(H,14,15)(H2,12,13,16). The first-order valence-corrected chi connectivity index (χ1v) is 5.06. The molecule has 2 amide bonds. The number of H-pyrrole nitrogens is 1. The topological polar surface area (TPSA) is 94.2 Å². The molecule has 86 valence electrons. The van der Waals surface area contributed by atoms with Gasteiger partial charge in [0.1, 0.15) is 5.69 Å². The van der Waals surface area contributed by atoms with E-state index in [0.717, 1.165) is 12.8 Å². The third-order valence-electron chi connectivity index (χ3n) is 2.33. The molecule has 6 heteroatoms. The number of urea groups is 1. The van der Waals surface area contributed by atoms with Gasteiger partial charge in [0, 0.05) is 11.7 Å². The lowest BCUT2D eigenvalue weighted by Crippen LogP contribution is -2.30. The van der Waals surface area contributed by atoms with E-state index in [-0.39, 0.29) is 17.8 Å². The molecule has 0 radical (unpaired) electrons. The van der Waals surface area contributed by atoms with Crippen molar-refractivity contribution >= 4 is 17.7 Å². The Kier molecular flexibility index (Phi) is 2.55. The zero-order valence-corrected chi connectivity index (χ0v) is 8.83. The van der Waals surface area contributed by atoms with Gasteiger partial charge in [0.2, 0.25) is 0 Å². The van der Waals surface area contributed by atoms with Gasteiger partial charge >= 0.3 is 12.0 Å². The van der Waals surface area contributed by atoms with Crippen molar-refractivity contribution in [3.63, 3.8) is 0 Å². The highest BCUT2D eigenvalue weighted by atomic mass is 16.4. The number of carbonyl (C=O) groups is 2. The first kappa shape index (κ1) is 10.5. The monoisotopic (exact) mass is 223 g/mol. The molecule has 0 bridgehead atoms. The molecule has 0 aliphatic heterocycles. The number of aromatic nitrogens is 1. The van der Waals surface area contributed by atoms with E-state index in [0.29, 0.717) is 11.4 Å². The summed E-state index contributed by atoms with van der Waals surface area (Å²) >= 11 is 0. The van der Waals surface area contributed by atoms with Crippen molar-refractivity contribution in [1.29, 1.82) is 0 Å². The lowest BCUT2D eigenvalue weighted by atomic mass is 10.3. The highest BCUT2D eigenvalue weighted by molar-refractivity contribution is 5.99. The van der Waals surface area contributed by atoms with Crippen LogP contribution in [-0.4, -0.2) is 28.1 Å². The van der Waals surface area contributed by atoms with Gasteiger partial charge in [-0.2, -0.15) is 0 Å². The molecule has 0 aromatic carbocycles. The van der Waals surface area contributed by atoms with Gasteiger partial charge in [-0.15, -0.1) is 0 Å². The summed E-state index contributed by atoms with van der Waals surface area (Å²) in [5, 5.41) is 14.1. The number of hydrogen-bond donors (Lipinski definition) is 4. The predicted octanol–water partition coefficient (Wildman–Crippen LogP) is 1.31. The number of nitrogens with one attached hydrogen (secondary N) is 3. The molecule has 1 aliphatic carbocycles. The SMILES string of the molecule is Cc1cc(NC(=O)NC2CC2)c(C(=O)O)[nH]1. The first-order chi connectivity index (χ1) is 7.56. The van der Waals surface area contributed by atoms with Gasteiger partial charge in [0.05, 0.1) is 5.69 Å². The Labute approximate surface area is 92.0 Å². The normalized spacial score (nSPS) is 14.6. The van der Waals surface area contributed by atoms with E-state index in [1.165, 1.54) is 0 Å². The maximum atomic E-state index is 11.4. The highest BCUT2D eigenvalue weighted by Gasteiger charge is 2.24. The van der Waals surface area contributed by atoms with Crippen molar-refractivity contribution < 1.29 is 14.7 Å². The summed E-state index contributed by atoms with van der Waals surface area (Å²) in [6, 6.07) is 1.48. The Hall–Kier alpha value is -1.98. The molecule has 1 aromatic rings. The van der Waals surface area contributed by atoms with E-state index in [2.05, 4.69) is 15.6 Å². The van der Waals surface area contributed by atoms with Gasteiger partial charge in [-0.3, -0.25) is 0 Å². The zero-order chi connectivity index (χ0) is 11.7. The maximum Gasteiger partial charge on any atom is 0.354 e. The molecule has 2 rings (SSSR count). The summed E-state index contributed by atoms with van der Waals surface area (Å²) in [6.07, 6.45) is 1.98. The van der Waals surface area contributed by atoms with Gasteiger partial charge in [-0.25, -0.2) is 9.59 Å². The summed E-state index contributed by atoms with van der Waals surface area (Å²) < 4.78 is 0. The second-order valence-corrected chi connectivity index (χ2v) is 3.92. The number of aryl methyl sites for hydroxylation is 1. The van der Waals surface area contributed by atoms with Crippen molar-refractivity contribution in [2.24, 2.45) is 0 Å². The Morgan fingerprint density at radius 3 is 2.75 bits per heavy atom. The van der Waals surface area contributed by atoms with Crippen LogP contribution < -0.4 is 10.6 Å². The summed E-state index contributed by atoms with van der Waals surface area (Å²) in [7, 11) is 0. The molecular weight excluding hydrogens is 210 g/mol. The van der Waals surface area contributed by atoms with Gasteiger partial charge < -0.3 is 20.7 Å². The Morgan fingerprint density at radius 1 is 1.50 bits per heavy atom. The number of aromatic carboxylic acids is 1. The fraction of sp³-hybridized carbons (Fsp3) is 0.400. The smallest absolute Gasteiger partial charge is 0.354 e. The molecule has 0 unspecified atom stereocenters. The summed E-state index contributed by atoms with van der Waals surface area (Å²) in [5.74, 6) is -1.09. The van der Waals surface area contributed by atoms with Crippen molar-refractivity contribution in [3.05, 3.63) is 17.5 Å². The number of carbonyl (C=O) groups excluding carboxylic acids is 1.